The van der Waals surface area contributed by atoms with Crippen molar-refractivity contribution in [3.05, 3.63) is 52.6 Å². The van der Waals surface area contributed by atoms with E-state index in [2.05, 4.69) is 36.1 Å². The molecule has 5 atom stereocenters. The molecule has 4 aliphatic rings. The quantitative estimate of drug-likeness (QED) is 0.731. The van der Waals surface area contributed by atoms with Crippen molar-refractivity contribution in [1.82, 2.24) is 0 Å². The number of ketones is 2. The van der Waals surface area contributed by atoms with Crippen LogP contribution in [0.15, 0.2) is 47.1 Å². The Bertz CT molecular complexity index is 1030. The SMILES string of the molecule is CC(=O)[C@]1(O)CC[C@@H]2[C@@H]3CCC4=CC(=O)CCC4=C3[C@@H](c3ccc(N(C)C)cc3)C[C@@]21C. The Balaban J connectivity index is 1.67. The van der Waals surface area contributed by atoms with E-state index in [0.29, 0.717) is 24.7 Å². The molecule has 4 heteroatoms. The molecule has 2 fully saturated rings. The number of hydrogen-bond acceptors (Lipinski definition) is 4. The van der Waals surface area contributed by atoms with Crippen LogP contribution in [-0.2, 0) is 9.59 Å². The fourth-order valence-electron chi connectivity index (χ4n) is 7.55. The smallest absolute Gasteiger partial charge is 0.161 e. The first-order valence-electron chi connectivity index (χ1n) is 12.1. The highest BCUT2D eigenvalue weighted by Crippen LogP contribution is 2.66. The highest BCUT2D eigenvalue weighted by atomic mass is 16.3. The fraction of sp³-hybridized carbons (Fsp3) is 0.571. The van der Waals surface area contributed by atoms with Gasteiger partial charge in [-0.3, -0.25) is 9.59 Å². The molecule has 1 aromatic carbocycles. The van der Waals surface area contributed by atoms with Gasteiger partial charge >= 0.3 is 0 Å². The number of hydrogen-bond donors (Lipinski definition) is 1. The molecular weight excluding hydrogens is 398 g/mol. The molecule has 0 aliphatic heterocycles. The summed E-state index contributed by atoms with van der Waals surface area (Å²) in [6.45, 7) is 3.74. The summed E-state index contributed by atoms with van der Waals surface area (Å²) >= 11 is 0. The average Bonchev–Trinajstić information content (AvgIpc) is 3.04. The highest BCUT2D eigenvalue weighted by Gasteiger charge is 2.64. The molecule has 0 heterocycles. The number of aliphatic hydroxyl groups is 1. The van der Waals surface area contributed by atoms with Crippen molar-refractivity contribution in [3.63, 3.8) is 0 Å². The van der Waals surface area contributed by atoms with Gasteiger partial charge in [-0.2, -0.15) is 0 Å². The van der Waals surface area contributed by atoms with Crippen molar-refractivity contribution in [2.24, 2.45) is 17.3 Å². The third-order valence-electron chi connectivity index (χ3n) is 9.28. The van der Waals surface area contributed by atoms with Crippen LogP contribution in [0.25, 0.3) is 0 Å². The van der Waals surface area contributed by atoms with Crippen LogP contribution in [-0.4, -0.2) is 36.4 Å². The largest absolute Gasteiger partial charge is 0.382 e. The third kappa shape index (κ3) is 2.98. The van der Waals surface area contributed by atoms with E-state index in [1.807, 2.05) is 20.2 Å². The monoisotopic (exact) mass is 433 g/mol. The van der Waals surface area contributed by atoms with Crippen molar-refractivity contribution in [3.8, 4) is 0 Å². The van der Waals surface area contributed by atoms with Gasteiger partial charge < -0.3 is 10.0 Å². The Kier molecular flexibility index (Phi) is 5.01. The van der Waals surface area contributed by atoms with E-state index in [9.17, 15) is 14.7 Å². The van der Waals surface area contributed by atoms with Gasteiger partial charge in [-0.25, -0.2) is 0 Å². The number of benzene rings is 1. The third-order valence-corrected chi connectivity index (χ3v) is 9.28. The van der Waals surface area contributed by atoms with Crippen LogP contribution >= 0.6 is 0 Å². The average molecular weight is 434 g/mol. The van der Waals surface area contributed by atoms with E-state index in [0.717, 1.165) is 37.8 Å². The zero-order valence-electron chi connectivity index (χ0n) is 19.8. The number of Topliss-reactive ketones (excluding diaryl/α,β-unsaturated/α-hetero) is 1. The molecular formula is C28H35NO3. The van der Waals surface area contributed by atoms with E-state index in [4.69, 9.17) is 0 Å². The Morgan fingerprint density at radius 3 is 2.47 bits per heavy atom. The van der Waals surface area contributed by atoms with Crippen LogP contribution in [0.4, 0.5) is 5.69 Å². The molecule has 0 spiro atoms. The van der Waals surface area contributed by atoms with E-state index in [1.165, 1.54) is 22.3 Å². The van der Waals surface area contributed by atoms with Crippen LogP contribution in [0.3, 0.4) is 0 Å². The van der Waals surface area contributed by atoms with Gasteiger partial charge in [-0.05, 0) is 92.2 Å². The standard InChI is InChI=1S/C28H35NO3/c1-17(30)28(32)14-13-25-23-11-7-19-15-21(31)10-12-22(19)26(23)24(16-27(25,28)2)18-5-8-20(9-6-18)29(3)4/h5-6,8-9,15,23-25,32H,7,10-14,16H2,1-4H3/t23-,24+,25+,27-,28+/m0/s1. The molecule has 1 aromatic rings. The van der Waals surface area contributed by atoms with E-state index in [-0.39, 0.29) is 17.5 Å². The first-order valence-corrected chi connectivity index (χ1v) is 12.1. The topological polar surface area (TPSA) is 57.6 Å². The maximum atomic E-state index is 12.7. The Hall–Kier alpha value is -2.20. The van der Waals surface area contributed by atoms with Gasteiger partial charge in [0.05, 0.1) is 0 Å². The van der Waals surface area contributed by atoms with Crippen LogP contribution in [0.5, 0.6) is 0 Å². The van der Waals surface area contributed by atoms with Crippen molar-refractivity contribution in [2.45, 2.75) is 70.3 Å². The number of rotatable bonds is 3. The summed E-state index contributed by atoms with van der Waals surface area (Å²) in [5.41, 5.74) is 4.91. The van der Waals surface area contributed by atoms with Crippen molar-refractivity contribution in [1.29, 1.82) is 0 Å². The van der Waals surface area contributed by atoms with E-state index >= 15 is 0 Å². The molecule has 4 aliphatic carbocycles. The minimum absolute atomic E-state index is 0.0834. The highest BCUT2D eigenvalue weighted by molar-refractivity contribution is 5.93. The van der Waals surface area contributed by atoms with Gasteiger partial charge in [-0.15, -0.1) is 0 Å². The first kappa shape index (κ1) is 21.6. The lowest BCUT2D eigenvalue weighted by molar-refractivity contribution is -0.152. The Morgan fingerprint density at radius 1 is 1.09 bits per heavy atom. The maximum Gasteiger partial charge on any atom is 0.161 e. The number of carbonyl (C=O) groups excluding carboxylic acids is 2. The molecule has 0 radical (unpaired) electrons. The summed E-state index contributed by atoms with van der Waals surface area (Å²) in [5, 5.41) is 11.6. The minimum atomic E-state index is -1.24. The minimum Gasteiger partial charge on any atom is -0.382 e. The lowest BCUT2D eigenvalue weighted by atomic mass is 9.51. The number of allylic oxidation sites excluding steroid dienone is 4. The normalized spacial score (nSPS) is 36.2. The molecule has 0 bridgehead atoms. The van der Waals surface area contributed by atoms with Crippen LogP contribution < -0.4 is 4.90 Å². The lowest BCUT2D eigenvalue weighted by Crippen LogP contribution is -2.55. The fourth-order valence-corrected chi connectivity index (χ4v) is 7.55. The summed E-state index contributed by atoms with van der Waals surface area (Å²) in [5.74, 6) is 1.03. The zero-order chi connectivity index (χ0) is 22.8. The second-order valence-electron chi connectivity index (χ2n) is 10.9. The Labute approximate surface area is 191 Å². The summed E-state index contributed by atoms with van der Waals surface area (Å²) in [6.07, 6.45) is 7.53. The number of anilines is 1. The summed E-state index contributed by atoms with van der Waals surface area (Å²) in [6, 6.07) is 8.78. The van der Waals surface area contributed by atoms with Crippen molar-refractivity contribution >= 4 is 17.3 Å². The molecule has 1 N–H and O–H groups in total. The summed E-state index contributed by atoms with van der Waals surface area (Å²) in [4.78, 5) is 27.0. The molecule has 0 amide bonds. The van der Waals surface area contributed by atoms with Crippen molar-refractivity contribution < 1.29 is 14.7 Å². The molecule has 4 nitrogen and oxygen atoms in total. The molecule has 0 unspecified atom stereocenters. The lowest BCUT2D eigenvalue weighted by Gasteiger charge is -2.54. The van der Waals surface area contributed by atoms with Gasteiger partial charge in [0.1, 0.15) is 5.60 Å². The maximum absolute atomic E-state index is 12.7. The van der Waals surface area contributed by atoms with Crippen LogP contribution in [0, 0.1) is 17.3 Å². The Morgan fingerprint density at radius 2 is 1.81 bits per heavy atom. The number of nitrogens with zero attached hydrogens (tertiary/aromatic N) is 1. The summed E-state index contributed by atoms with van der Waals surface area (Å²) < 4.78 is 0. The summed E-state index contributed by atoms with van der Waals surface area (Å²) in [7, 11) is 4.09. The molecule has 0 saturated heterocycles. The van der Waals surface area contributed by atoms with E-state index in [1.54, 1.807) is 6.92 Å². The van der Waals surface area contributed by atoms with Gasteiger partial charge in [0.25, 0.3) is 0 Å². The molecule has 2 saturated carbocycles. The number of carbonyl (C=O) groups is 2. The second kappa shape index (κ2) is 7.41. The zero-order valence-corrected chi connectivity index (χ0v) is 19.8. The molecule has 32 heavy (non-hydrogen) atoms. The number of fused-ring (bicyclic) bond motifs is 4. The van der Waals surface area contributed by atoms with Crippen LogP contribution in [0.1, 0.15) is 70.3 Å². The molecule has 0 aromatic heterocycles. The van der Waals surface area contributed by atoms with E-state index < -0.39 is 11.0 Å². The predicted molar refractivity (Wildman–Crippen MR) is 127 cm³/mol. The van der Waals surface area contributed by atoms with Gasteiger partial charge in [0.2, 0.25) is 0 Å². The van der Waals surface area contributed by atoms with Gasteiger partial charge in [-0.1, -0.05) is 24.6 Å². The molecule has 170 valence electrons. The van der Waals surface area contributed by atoms with Gasteiger partial charge in [0.15, 0.2) is 11.6 Å². The van der Waals surface area contributed by atoms with Crippen LogP contribution in [0.2, 0.25) is 0 Å². The molecule has 5 rings (SSSR count). The first-order chi connectivity index (χ1) is 15.2. The second-order valence-corrected chi connectivity index (χ2v) is 10.9. The van der Waals surface area contributed by atoms with Crippen molar-refractivity contribution in [2.75, 3.05) is 19.0 Å². The van der Waals surface area contributed by atoms with Gasteiger partial charge in [0, 0.05) is 37.5 Å². The predicted octanol–water partition coefficient (Wildman–Crippen LogP) is 4.97.